The summed E-state index contributed by atoms with van der Waals surface area (Å²) in [6.45, 7) is 4.12. The molecule has 0 saturated heterocycles. The largest absolute Gasteiger partial charge is 0.309 e. The van der Waals surface area contributed by atoms with Crippen molar-refractivity contribution < 1.29 is 0 Å². The van der Waals surface area contributed by atoms with E-state index in [2.05, 4.69) is 11.9 Å². The molecule has 0 bridgehead atoms. The molecule has 0 radical (unpaired) electrons. The summed E-state index contributed by atoms with van der Waals surface area (Å²) in [5.41, 5.74) is 1.13. The zero-order chi connectivity index (χ0) is 7.82. The van der Waals surface area contributed by atoms with Gasteiger partial charge in [-0.05, 0) is 19.4 Å². The molecule has 2 heteroatoms. The Morgan fingerprint density at radius 2 is 2.30 bits per heavy atom. The van der Waals surface area contributed by atoms with E-state index in [0.29, 0.717) is 0 Å². The Balaban J connectivity index is 3.67. The molecule has 0 saturated carbocycles. The Morgan fingerprint density at radius 1 is 1.60 bits per heavy atom. The molecule has 0 aromatic carbocycles. The third kappa shape index (κ3) is 5.22. The van der Waals surface area contributed by atoms with Gasteiger partial charge in [-0.1, -0.05) is 13.3 Å². The normalized spacial score (nSPS) is 12.4. The molecule has 0 aliphatic carbocycles. The topological polar surface area (TPSA) is 36.2 Å². The smallest absolute Gasteiger partial charge is 0.0282 e. The highest BCUT2D eigenvalue weighted by Crippen LogP contribution is 1.91. The molecule has 0 rings (SSSR count). The fourth-order valence-corrected chi connectivity index (χ4v) is 0.640. The SMILES string of the molecule is CCC/C(C)=N/C=C\C=N. The maximum absolute atomic E-state index is 6.67. The van der Waals surface area contributed by atoms with Gasteiger partial charge in [0.05, 0.1) is 0 Å². The zero-order valence-electron chi connectivity index (χ0n) is 6.59. The highest BCUT2D eigenvalue weighted by Gasteiger charge is 1.83. The Morgan fingerprint density at radius 3 is 2.80 bits per heavy atom. The van der Waals surface area contributed by atoms with Crippen LogP contribution in [-0.4, -0.2) is 11.9 Å². The van der Waals surface area contributed by atoms with Crippen molar-refractivity contribution in [1.82, 2.24) is 0 Å². The predicted octanol–water partition coefficient (Wildman–Crippen LogP) is 2.41. The van der Waals surface area contributed by atoms with E-state index in [9.17, 15) is 0 Å². The van der Waals surface area contributed by atoms with E-state index in [4.69, 9.17) is 5.41 Å². The van der Waals surface area contributed by atoms with E-state index in [1.54, 1.807) is 12.3 Å². The number of hydrogen-bond acceptors (Lipinski definition) is 2. The molecule has 0 amide bonds. The minimum atomic E-state index is 1.04. The molecule has 0 fully saturated rings. The second kappa shape index (κ2) is 6.20. The molecule has 0 heterocycles. The van der Waals surface area contributed by atoms with Crippen molar-refractivity contribution in [2.75, 3.05) is 0 Å². The predicted molar refractivity (Wildman–Crippen MR) is 45.9 cm³/mol. The molecular weight excluding hydrogens is 124 g/mol. The van der Waals surface area contributed by atoms with Gasteiger partial charge < -0.3 is 5.41 Å². The summed E-state index contributed by atoms with van der Waals surface area (Å²) in [5, 5.41) is 6.67. The standard InChI is InChI=1S/C8H14N2/c1-3-5-8(2)10-7-4-6-9/h4,6-7,9H,3,5H2,1-2H3/b7-4-,9-6?,10-8+. The van der Waals surface area contributed by atoms with E-state index in [-0.39, 0.29) is 0 Å². The number of rotatable bonds is 4. The van der Waals surface area contributed by atoms with Gasteiger partial charge in [-0.25, -0.2) is 0 Å². The van der Waals surface area contributed by atoms with Crippen LogP contribution in [-0.2, 0) is 0 Å². The summed E-state index contributed by atoms with van der Waals surface area (Å²) in [4.78, 5) is 4.09. The van der Waals surface area contributed by atoms with Crippen molar-refractivity contribution in [3.8, 4) is 0 Å². The lowest BCUT2D eigenvalue weighted by atomic mass is 10.2. The Kier molecular flexibility index (Phi) is 5.63. The first-order chi connectivity index (χ1) is 4.81. The Hall–Kier alpha value is -0.920. The van der Waals surface area contributed by atoms with Crippen LogP contribution >= 0.6 is 0 Å². The summed E-state index contributed by atoms with van der Waals surface area (Å²) in [6.07, 6.45) is 6.66. The third-order valence-electron chi connectivity index (χ3n) is 1.09. The molecule has 10 heavy (non-hydrogen) atoms. The fourth-order valence-electron chi connectivity index (χ4n) is 0.640. The first kappa shape index (κ1) is 9.08. The average Bonchev–Trinajstić information content (AvgIpc) is 1.89. The summed E-state index contributed by atoms with van der Waals surface area (Å²) in [7, 11) is 0. The van der Waals surface area contributed by atoms with Gasteiger partial charge in [0.1, 0.15) is 0 Å². The number of nitrogens with zero attached hydrogens (tertiary/aromatic N) is 1. The van der Waals surface area contributed by atoms with Gasteiger partial charge in [0.25, 0.3) is 0 Å². The van der Waals surface area contributed by atoms with E-state index in [1.165, 1.54) is 6.21 Å². The Bertz CT molecular complexity index is 145. The minimum Gasteiger partial charge on any atom is -0.309 e. The van der Waals surface area contributed by atoms with Crippen molar-refractivity contribution in [2.24, 2.45) is 4.99 Å². The van der Waals surface area contributed by atoms with Crippen LogP contribution in [0.4, 0.5) is 0 Å². The summed E-state index contributed by atoms with van der Waals surface area (Å²) in [5.74, 6) is 0. The van der Waals surface area contributed by atoms with Crippen LogP contribution in [0.3, 0.4) is 0 Å². The molecule has 0 aromatic rings. The molecule has 2 nitrogen and oxygen atoms in total. The van der Waals surface area contributed by atoms with Crippen LogP contribution in [0.15, 0.2) is 17.3 Å². The lowest BCUT2D eigenvalue weighted by Crippen LogP contribution is -1.86. The molecule has 0 unspecified atom stereocenters. The van der Waals surface area contributed by atoms with Gasteiger partial charge in [0, 0.05) is 18.1 Å². The summed E-state index contributed by atoms with van der Waals surface area (Å²) >= 11 is 0. The maximum Gasteiger partial charge on any atom is 0.0282 e. The van der Waals surface area contributed by atoms with Gasteiger partial charge in [-0.2, -0.15) is 0 Å². The van der Waals surface area contributed by atoms with Crippen LogP contribution in [0.5, 0.6) is 0 Å². The number of nitrogens with one attached hydrogen (secondary N) is 1. The first-order valence-corrected chi connectivity index (χ1v) is 3.50. The van der Waals surface area contributed by atoms with Crippen LogP contribution in [0.1, 0.15) is 26.7 Å². The molecule has 0 aromatic heterocycles. The summed E-state index contributed by atoms with van der Waals surface area (Å²) < 4.78 is 0. The van der Waals surface area contributed by atoms with Gasteiger partial charge in [0.15, 0.2) is 0 Å². The maximum atomic E-state index is 6.67. The van der Waals surface area contributed by atoms with E-state index < -0.39 is 0 Å². The van der Waals surface area contributed by atoms with E-state index in [0.717, 1.165) is 18.6 Å². The average molecular weight is 138 g/mol. The quantitative estimate of drug-likeness (QED) is 0.579. The molecule has 0 aliphatic heterocycles. The number of hydrogen-bond donors (Lipinski definition) is 1. The zero-order valence-corrected chi connectivity index (χ0v) is 6.59. The highest BCUT2D eigenvalue weighted by atomic mass is 14.7. The molecular formula is C8H14N2. The number of allylic oxidation sites excluding steroid dienone is 1. The highest BCUT2D eigenvalue weighted by molar-refractivity contribution is 5.82. The van der Waals surface area contributed by atoms with Gasteiger partial charge in [-0.3, -0.25) is 4.99 Å². The van der Waals surface area contributed by atoms with Crippen molar-refractivity contribution in [3.63, 3.8) is 0 Å². The lowest BCUT2D eigenvalue weighted by molar-refractivity contribution is 0.987. The van der Waals surface area contributed by atoms with Gasteiger partial charge >= 0.3 is 0 Å². The van der Waals surface area contributed by atoms with Gasteiger partial charge in [-0.15, -0.1) is 0 Å². The van der Waals surface area contributed by atoms with Crippen molar-refractivity contribution >= 4 is 11.9 Å². The monoisotopic (exact) mass is 138 g/mol. The second-order valence-corrected chi connectivity index (χ2v) is 2.12. The molecule has 0 atom stereocenters. The van der Waals surface area contributed by atoms with Crippen molar-refractivity contribution in [3.05, 3.63) is 12.3 Å². The second-order valence-electron chi connectivity index (χ2n) is 2.12. The first-order valence-electron chi connectivity index (χ1n) is 3.50. The molecule has 56 valence electrons. The van der Waals surface area contributed by atoms with Crippen LogP contribution in [0.2, 0.25) is 0 Å². The van der Waals surface area contributed by atoms with Crippen molar-refractivity contribution in [2.45, 2.75) is 26.7 Å². The van der Waals surface area contributed by atoms with Crippen LogP contribution in [0, 0.1) is 5.41 Å². The summed E-state index contributed by atoms with van der Waals surface area (Å²) in [6, 6.07) is 0. The fraction of sp³-hybridized carbons (Fsp3) is 0.500. The van der Waals surface area contributed by atoms with E-state index >= 15 is 0 Å². The Labute approximate surface area is 62.2 Å². The minimum absolute atomic E-state index is 1.04. The third-order valence-corrected chi connectivity index (χ3v) is 1.09. The van der Waals surface area contributed by atoms with E-state index in [1.807, 2.05) is 6.92 Å². The van der Waals surface area contributed by atoms with Crippen LogP contribution < -0.4 is 0 Å². The van der Waals surface area contributed by atoms with Gasteiger partial charge in [0.2, 0.25) is 0 Å². The molecule has 0 spiro atoms. The van der Waals surface area contributed by atoms with Crippen molar-refractivity contribution in [1.29, 1.82) is 5.41 Å². The molecule has 1 N–H and O–H groups in total. The lowest BCUT2D eigenvalue weighted by Gasteiger charge is -1.91. The molecule has 0 aliphatic rings. The number of aliphatic imine (C=N–C) groups is 1. The van der Waals surface area contributed by atoms with Crippen LogP contribution in [0.25, 0.3) is 0 Å².